The number of carboxylic acids is 1. The van der Waals surface area contributed by atoms with Gasteiger partial charge in [0.1, 0.15) is 6.61 Å². The highest BCUT2D eigenvalue weighted by Gasteiger charge is 2.14. The van der Waals surface area contributed by atoms with Crippen LogP contribution in [0.1, 0.15) is 27.0 Å². The highest BCUT2D eigenvalue weighted by molar-refractivity contribution is 6.42. The number of aromatic carboxylic acids is 1. The number of carbonyl (C=O) groups is 1. The summed E-state index contributed by atoms with van der Waals surface area (Å²) in [5.41, 5.74) is 3.34. The van der Waals surface area contributed by atoms with Gasteiger partial charge in [-0.1, -0.05) is 46.9 Å². The van der Waals surface area contributed by atoms with E-state index in [1.807, 2.05) is 18.2 Å². The molecule has 3 rings (SSSR count). The van der Waals surface area contributed by atoms with Crippen molar-refractivity contribution >= 4 is 46.5 Å². The predicted octanol–water partition coefficient (Wildman–Crippen LogP) is 6.85. The van der Waals surface area contributed by atoms with Crippen LogP contribution in [-0.4, -0.2) is 18.2 Å². The van der Waals surface area contributed by atoms with Crippen LogP contribution >= 0.6 is 34.8 Å². The number of carboxylic acid groups (broad SMARTS) is 1. The minimum atomic E-state index is -0.964. The monoisotopic (exact) mass is 479 g/mol. The summed E-state index contributed by atoms with van der Waals surface area (Å²) in [7, 11) is 1.54. The van der Waals surface area contributed by atoms with E-state index < -0.39 is 5.97 Å². The van der Waals surface area contributed by atoms with E-state index in [-0.39, 0.29) is 12.2 Å². The number of nitrogens with one attached hydrogen (secondary N) is 1. The lowest BCUT2D eigenvalue weighted by atomic mass is 10.1. The Labute approximate surface area is 195 Å². The first-order valence-electron chi connectivity index (χ1n) is 9.30. The summed E-state index contributed by atoms with van der Waals surface area (Å²) >= 11 is 18.5. The van der Waals surface area contributed by atoms with Crippen molar-refractivity contribution < 1.29 is 19.4 Å². The summed E-state index contributed by atoms with van der Waals surface area (Å²) in [6, 6.07) is 14.0. The number of hydrogen-bond acceptors (Lipinski definition) is 4. The molecule has 8 heteroatoms. The van der Waals surface area contributed by atoms with E-state index in [2.05, 4.69) is 5.32 Å². The molecule has 2 N–H and O–H groups in total. The molecular weight excluding hydrogens is 461 g/mol. The fourth-order valence-electron chi connectivity index (χ4n) is 3.06. The van der Waals surface area contributed by atoms with Gasteiger partial charge in [0.2, 0.25) is 0 Å². The van der Waals surface area contributed by atoms with Crippen molar-refractivity contribution in [1.82, 2.24) is 0 Å². The lowest BCUT2D eigenvalue weighted by molar-refractivity contribution is 0.0696. The van der Waals surface area contributed by atoms with E-state index in [4.69, 9.17) is 44.3 Å². The molecule has 0 atom stereocenters. The Morgan fingerprint density at radius 3 is 2.42 bits per heavy atom. The van der Waals surface area contributed by atoms with Crippen LogP contribution in [0.4, 0.5) is 5.69 Å². The van der Waals surface area contributed by atoms with Gasteiger partial charge in [0.05, 0.1) is 27.7 Å². The summed E-state index contributed by atoms with van der Waals surface area (Å²) in [5.74, 6) is -0.0576. The van der Waals surface area contributed by atoms with Gasteiger partial charge in [0.15, 0.2) is 11.5 Å². The van der Waals surface area contributed by atoms with Gasteiger partial charge in [-0.05, 0) is 60.0 Å². The molecule has 162 valence electrons. The maximum Gasteiger partial charge on any atom is 0.336 e. The highest BCUT2D eigenvalue weighted by Crippen LogP contribution is 2.37. The minimum absolute atomic E-state index is 0.242. The third kappa shape index (κ3) is 5.56. The summed E-state index contributed by atoms with van der Waals surface area (Å²) < 4.78 is 11.3. The second kappa shape index (κ2) is 10.1. The summed E-state index contributed by atoms with van der Waals surface area (Å²) in [4.78, 5) is 11.3. The van der Waals surface area contributed by atoms with E-state index in [9.17, 15) is 9.90 Å². The number of benzene rings is 3. The fourth-order valence-corrected chi connectivity index (χ4v) is 3.66. The molecule has 31 heavy (non-hydrogen) atoms. The number of halogens is 3. The van der Waals surface area contributed by atoms with Crippen molar-refractivity contribution in [3.63, 3.8) is 0 Å². The van der Waals surface area contributed by atoms with Crippen molar-refractivity contribution in [2.45, 2.75) is 20.1 Å². The summed E-state index contributed by atoms with van der Waals surface area (Å²) in [6.45, 7) is 2.43. The molecule has 0 unspecified atom stereocenters. The Balaban J connectivity index is 1.75. The fraction of sp³-hybridized carbons (Fsp3) is 0.174. The van der Waals surface area contributed by atoms with Crippen LogP contribution in [0.2, 0.25) is 15.1 Å². The number of hydrogen-bond donors (Lipinski definition) is 2. The number of ether oxygens (including phenoxy) is 2. The first-order valence-corrected chi connectivity index (χ1v) is 10.4. The topological polar surface area (TPSA) is 67.8 Å². The number of rotatable bonds is 8. The van der Waals surface area contributed by atoms with E-state index in [1.165, 1.54) is 7.11 Å². The summed E-state index contributed by atoms with van der Waals surface area (Å²) in [5, 5.41) is 13.8. The van der Waals surface area contributed by atoms with Crippen molar-refractivity contribution in [1.29, 1.82) is 0 Å². The Kier molecular flexibility index (Phi) is 7.55. The second-order valence-electron chi connectivity index (χ2n) is 6.78. The van der Waals surface area contributed by atoms with E-state index in [1.54, 1.807) is 37.3 Å². The van der Waals surface area contributed by atoms with Crippen molar-refractivity contribution in [3.8, 4) is 11.5 Å². The number of anilines is 1. The molecule has 0 amide bonds. The van der Waals surface area contributed by atoms with Gasteiger partial charge in [-0.25, -0.2) is 4.79 Å². The van der Waals surface area contributed by atoms with Gasteiger partial charge >= 0.3 is 5.97 Å². The van der Waals surface area contributed by atoms with Gasteiger partial charge in [0, 0.05) is 12.2 Å². The molecule has 0 aliphatic heterocycles. The predicted molar refractivity (Wildman–Crippen MR) is 124 cm³/mol. The van der Waals surface area contributed by atoms with Crippen LogP contribution in [0.25, 0.3) is 0 Å². The molecule has 0 saturated heterocycles. The van der Waals surface area contributed by atoms with Gasteiger partial charge in [-0.2, -0.15) is 0 Å². The van der Waals surface area contributed by atoms with Gasteiger partial charge in [0.25, 0.3) is 0 Å². The Morgan fingerprint density at radius 1 is 1.00 bits per heavy atom. The molecule has 0 heterocycles. The van der Waals surface area contributed by atoms with Crippen molar-refractivity contribution in [2.75, 3.05) is 12.4 Å². The highest BCUT2D eigenvalue weighted by atomic mass is 35.5. The lowest BCUT2D eigenvalue weighted by Crippen LogP contribution is -2.06. The summed E-state index contributed by atoms with van der Waals surface area (Å²) in [6.07, 6.45) is 0. The largest absolute Gasteiger partial charge is 0.493 e. The molecular formula is C23H20Cl3NO4. The molecule has 0 saturated carbocycles. The van der Waals surface area contributed by atoms with Crippen molar-refractivity contribution in [2.24, 2.45) is 0 Å². The van der Waals surface area contributed by atoms with Crippen LogP contribution in [0.15, 0.2) is 48.5 Å². The average Bonchev–Trinajstić information content (AvgIpc) is 2.74. The standard InChI is InChI=1S/C23H20Cl3NO4/c1-13-16(23(28)29)4-3-5-20(13)27-11-15-9-19(26)22(21(10-15)30-2)31-12-14-6-7-17(24)18(25)8-14/h3-10,27H,11-12H2,1-2H3,(H,28,29). The third-order valence-corrected chi connectivity index (χ3v) is 5.72. The molecule has 0 bridgehead atoms. The van der Waals surface area contributed by atoms with Crippen LogP contribution in [0.5, 0.6) is 11.5 Å². The Hall–Kier alpha value is -2.60. The molecule has 5 nitrogen and oxygen atoms in total. The second-order valence-corrected chi connectivity index (χ2v) is 8.00. The van der Waals surface area contributed by atoms with Crippen molar-refractivity contribution in [3.05, 3.63) is 85.9 Å². The zero-order chi connectivity index (χ0) is 22.5. The third-order valence-electron chi connectivity index (χ3n) is 4.70. The van der Waals surface area contributed by atoms with Crippen LogP contribution in [-0.2, 0) is 13.2 Å². The lowest BCUT2D eigenvalue weighted by Gasteiger charge is -2.16. The maximum atomic E-state index is 11.3. The molecule has 0 aliphatic carbocycles. The molecule has 0 spiro atoms. The number of methoxy groups -OCH3 is 1. The molecule has 3 aromatic carbocycles. The zero-order valence-electron chi connectivity index (χ0n) is 16.8. The molecule has 3 aromatic rings. The molecule has 0 fully saturated rings. The average molecular weight is 481 g/mol. The molecule has 0 aliphatic rings. The van der Waals surface area contributed by atoms with E-state index >= 15 is 0 Å². The van der Waals surface area contributed by atoms with Crippen LogP contribution in [0, 0.1) is 6.92 Å². The molecule has 0 radical (unpaired) electrons. The maximum absolute atomic E-state index is 11.3. The van der Waals surface area contributed by atoms with Gasteiger partial charge in [-0.3, -0.25) is 0 Å². The smallest absolute Gasteiger partial charge is 0.336 e. The van der Waals surface area contributed by atoms with Gasteiger partial charge < -0.3 is 19.9 Å². The quantitative estimate of drug-likeness (QED) is 0.369. The molecule has 0 aromatic heterocycles. The van der Waals surface area contributed by atoms with E-state index in [0.29, 0.717) is 38.7 Å². The Bertz CT molecular complexity index is 1120. The zero-order valence-corrected chi connectivity index (χ0v) is 19.1. The normalized spacial score (nSPS) is 10.6. The van der Waals surface area contributed by atoms with Crippen LogP contribution in [0.3, 0.4) is 0 Å². The van der Waals surface area contributed by atoms with Crippen LogP contribution < -0.4 is 14.8 Å². The van der Waals surface area contributed by atoms with E-state index in [0.717, 1.165) is 16.8 Å². The first kappa shape index (κ1) is 23.1. The van der Waals surface area contributed by atoms with Gasteiger partial charge in [-0.15, -0.1) is 0 Å². The Morgan fingerprint density at radius 2 is 1.74 bits per heavy atom. The SMILES string of the molecule is COc1cc(CNc2cccc(C(=O)O)c2C)cc(Cl)c1OCc1ccc(Cl)c(Cl)c1. The minimum Gasteiger partial charge on any atom is -0.493 e. The first-order chi connectivity index (χ1) is 14.8.